The summed E-state index contributed by atoms with van der Waals surface area (Å²) in [6, 6.07) is 0.281. The second-order valence-corrected chi connectivity index (χ2v) is 18.0. The van der Waals surface area contributed by atoms with Crippen LogP contribution in [0, 0.1) is 11.8 Å². The average Bonchev–Trinajstić information content (AvgIpc) is 3.80. The first-order chi connectivity index (χ1) is 28.6. The van der Waals surface area contributed by atoms with Crippen molar-refractivity contribution in [3.8, 4) is 5.75 Å². The van der Waals surface area contributed by atoms with Crippen LogP contribution >= 0.6 is 0 Å². The Morgan fingerprint density at radius 2 is 1.64 bits per heavy atom. The molecule has 0 saturated carbocycles. The lowest BCUT2D eigenvalue weighted by atomic mass is 9.91. The minimum atomic E-state index is -1.54. The summed E-state index contributed by atoms with van der Waals surface area (Å²) in [6.45, 7) is 14.0. The topological polar surface area (TPSA) is 216 Å². The van der Waals surface area contributed by atoms with Crippen molar-refractivity contribution >= 4 is 41.4 Å². The highest BCUT2D eigenvalue weighted by Gasteiger charge is 2.48. The van der Waals surface area contributed by atoms with Gasteiger partial charge >= 0.3 is 5.97 Å². The first kappa shape index (κ1) is 48.9. The number of hydrogen-bond donors (Lipinski definition) is 5. The third-order valence-corrected chi connectivity index (χ3v) is 12.5. The Kier molecular flexibility index (Phi) is 16.7. The predicted octanol–water partition coefficient (Wildman–Crippen LogP) is 1.29. The lowest BCUT2D eigenvalue weighted by Gasteiger charge is -2.38. The molecule has 0 radical (unpaired) electrons. The maximum atomic E-state index is 14.6. The second kappa shape index (κ2) is 20.9. The first-order valence-corrected chi connectivity index (χ1v) is 21.7. The van der Waals surface area contributed by atoms with E-state index < -0.39 is 102 Å². The SMILES string of the molecule is CC[C@H](C)[C@H]1NC(=O)[C@@H](N2C(=O)[C@H](NC)CC2C)[C@@H](C)OC(=O)[C@H](Cc2ccc(OC)cc2)N(C)C(=O)[C@@H]2CCCN2C(=O)[C@H](CC(C)C)NC(=O)C(C)(C)NC(=O)C[C@@H]1O. The summed E-state index contributed by atoms with van der Waals surface area (Å²) in [4.78, 5) is 104. The summed E-state index contributed by atoms with van der Waals surface area (Å²) in [5.74, 6) is -4.06. The number of rotatable bonds is 9. The maximum Gasteiger partial charge on any atom is 0.329 e. The van der Waals surface area contributed by atoms with Gasteiger partial charge in [-0.2, -0.15) is 0 Å². The lowest BCUT2D eigenvalue weighted by molar-refractivity contribution is -0.166. The fourth-order valence-electron chi connectivity index (χ4n) is 8.66. The third kappa shape index (κ3) is 11.6. The molecule has 340 valence electrons. The van der Waals surface area contributed by atoms with Gasteiger partial charge in [0.2, 0.25) is 35.4 Å². The number of methoxy groups -OCH3 is 1. The van der Waals surface area contributed by atoms with Gasteiger partial charge in [0.25, 0.3) is 0 Å². The largest absolute Gasteiger partial charge is 0.497 e. The van der Waals surface area contributed by atoms with Crippen molar-refractivity contribution in [2.75, 3.05) is 27.7 Å². The van der Waals surface area contributed by atoms with Gasteiger partial charge in [0.1, 0.15) is 41.6 Å². The van der Waals surface area contributed by atoms with E-state index >= 15 is 0 Å². The molecule has 3 heterocycles. The smallest absolute Gasteiger partial charge is 0.329 e. The molecule has 17 nitrogen and oxygen atoms in total. The number of likely N-dealkylation sites (N-methyl/N-ethyl adjacent to an activating group) is 2. The monoisotopic (exact) mass is 856 g/mol. The zero-order valence-corrected chi connectivity index (χ0v) is 37.8. The van der Waals surface area contributed by atoms with Gasteiger partial charge in [-0.15, -0.1) is 0 Å². The van der Waals surface area contributed by atoms with Crippen LogP contribution in [-0.2, 0) is 44.7 Å². The number of amides is 6. The van der Waals surface area contributed by atoms with Crippen molar-refractivity contribution in [3.05, 3.63) is 29.8 Å². The Hall–Kier alpha value is -4.77. The number of likely N-dealkylation sites (tertiary alicyclic amines) is 1. The Labute approximate surface area is 360 Å². The van der Waals surface area contributed by atoms with Crippen molar-refractivity contribution in [1.29, 1.82) is 0 Å². The molecule has 0 bridgehead atoms. The highest BCUT2D eigenvalue weighted by Crippen LogP contribution is 2.28. The molecule has 0 aromatic heterocycles. The Morgan fingerprint density at radius 1 is 0.984 bits per heavy atom. The highest BCUT2D eigenvalue weighted by molar-refractivity contribution is 5.97. The van der Waals surface area contributed by atoms with Crippen molar-refractivity contribution in [1.82, 2.24) is 36.0 Å². The molecule has 5 N–H and O–H groups in total. The van der Waals surface area contributed by atoms with Crippen LogP contribution in [0.2, 0.25) is 0 Å². The van der Waals surface area contributed by atoms with Gasteiger partial charge in [-0.25, -0.2) is 4.79 Å². The molecule has 10 atom stereocenters. The average molecular weight is 856 g/mol. The van der Waals surface area contributed by atoms with E-state index in [0.717, 1.165) is 0 Å². The van der Waals surface area contributed by atoms with Crippen LogP contribution in [-0.4, -0.2) is 149 Å². The minimum Gasteiger partial charge on any atom is -0.497 e. The summed E-state index contributed by atoms with van der Waals surface area (Å²) in [5, 5.41) is 23.0. The molecule has 3 saturated heterocycles. The lowest BCUT2D eigenvalue weighted by Crippen LogP contribution is -2.61. The summed E-state index contributed by atoms with van der Waals surface area (Å²) >= 11 is 0. The number of cyclic esters (lactones) is 1. The van der Waals surface area contributed by atoms with Crippen molar-refractivity contribution < 1.29 is 48.1 Å². The van der Waals surface area contributed by atoms with Crippen LogP contribution in [0.5, 0.6) is 5.75 Å². The van der Waals surface area contributed by atoms with Crippen molar-refractivity contribution in [2.45, 2.75) is 160 Å². The number of nitrogens with zero attached hydrogens (tertiary/aromatic N) is 3. The minimum absolute atomic E-state index is 0.000613. The maximum absolute atomic E-state index is 14.6. The number of esters is 1. The molecule has 3 aliphatic rings. The van der Waals surface area contributed by atoms with E-state index in [0.29, 0.717) is 37.0 Å². The normalized spacial score (nSPS) is 30.6. The van der Waals surface area contributed by atoms with Crippen LogP contribution < -0.4 is 26.0 Å². The molecule has 1 unspecified atom stereocenters. The molecule has 0 aliphatic carbocycles. The van der Waals surface area contributed by atoms with Crippen molar-refractivity contribution in [3.63, 3.8) is 0 Å². The third-order valence-electron chi connectivity index (χ3n) is 12.5. The van der Waals surface area contributed by atoms with E-state index in [2.05, 4.69) is 21.3 Å². The van der Waals surface area contributed by atoms with E-state index in [9.17, 15) is 38.7 Å². The number of benzene rings is 1. The van der Waals surface area contributed by atoms with Gasteiger partial charge < -0.3 is 50.5 Å². The Bertz CT molecular complexity index is 1760. The molecule has 3 fully saturated rings. The van der Waals surface area contributed by atoms with E-state index in [1.807, 2.05) is 20.8 Å². The standard InChI is InChI=1S/C44H69N7O10/c1-12-25(4)36-34(52)23-35(53)48-44(7,8)43(59)46-31(20-24(2)3)39(55)50-19-13-14-32(50)41(57)49(10)33(22-28-15-17-29(60-11)18-16-28)42(58)61-27(6)37(38(54)47-36)51-26(5)21-30(45-9)40(51)56/h15-18,24-27,30-34,36-37,45,52H,12-14,19-23H2,1-11H3,(H,46,59)(H,47,54)(H,48,53)/t25-,26?,27+,30+,31-,32-,33-,34-,36+,37-/m0/s1. The quantitative estimate of drug-likeness (QED) is 0.223. The summed E-state index contributed by atoms with van der Waals surface area (Å²) in [5.41, 5.74) is -0.866. The summed E-state index contributed by atoms with van der Waals surface area (Å²) < 4.78 is 11.5. The molecule has 1 aromatic rings. The van der Waals surface area contributed by atoms with Crippen LogP contribution in [0.3, 0.4) is 0 Å². The Morgan fingerprint density at radius 3 is 2.21 bits per heavy atom. The van der Waals surface area contributed by atoms with Gasteiger partial charge in [-0.3, -0.25) is 28.8 Å². The fraction of sp³-hybridized carbons (Fsp3) is 0.705. The molecular weight excluding hydrogens is 787 g/mol. The van der Waals surface area contributed by atoms with Crippen LogP contribution in [0.4, 0.5) is 0 Å². The van der Waals surface area contributed by atoms with Gasteiger partial charge in [-0.05, 0) is 90.0 Å². The summed E-state index contributed by atoms with van der Waals surface area (Å²) in [7, 11) is 4.65. The number of hydrogen-bond acceptors (Lipinski definition) is 11. The predicted molar refractivity (Wildman–Crippen MR) is 227 cm³/mol. The van der Waals surface area contributed by atoms with E-state index in [1.54, 1.807) is 45.2 Å². The summed E-state index contributed by atoms with van der Waals surface area (Å²) in [6.07, 6.45) is -1.28. The number of carbonyl (C=O) groups excluding carboxylic acids is 7. The van der Waals surface area contributed by atoms with Crippen LogP contribution in [0.25, 0.3) is 0 Å². The second-order valence-electron chi connectivity index (χ2n) is 18.0. The number of ether oxygens (including phenoxy) is 2. The first-order valence-electron chi connectivity index (χ1n) is 21.7. The van der Waals surface area contributed by atoms with Gasteiger partial charge in [-0.1, -0.05) is 46.2 Å². The van der Waals surface area contributed by atoms with E-state index in [-0.39, 0.29) is 37.1 Å². The van der Waals surface area contributed by atoms with Crippen LogP contribution in [0.15, 0.2) is 24.3 Å². The zero-order valence-electron chi connectivity index (χ0n) is 37.8. The van der Waals surface area contributed by atoms with Gasteiger partial charge in [0, 0.05) is 26.1 Å². The molecule has 61 heavy (non-hydrogen) atoms. The molecular formula is C44H69N7O10. The number of carbonyl (C=O) groups is 7. The molecule has 3 aliphatic heterocycles. The van der Waals surface area contributed by atoms with E-state index in [1.165, 1.54) is 49.6 Å². The molecule has 0 spiro atoms. The molecule has 17 heteroatoms. The van der Waals surface area contributed by atoms with Crippen LogP contribution in [0.1, 0.15) is 99.5 Å². The van der Waals surface area contributed by atoms with Crippen molar-refractivity contribution in [2.24, 2.45) is 11.8 Å². The van der Waals surface area contributed by atoms with E-state index in [4.69, 9.17) is 9.47 Å². The molecule has 6 amide bonds. The van der Waals surface area contributed by atoms with Gasteiger partial charge in [0.15, 0.2) is 0 Å². The molecule has 1 aromatic carbocycles. The number of fused-ring (bicyclic) bond motifs is 1. The Balaban J connectivity index is 1.85. The van der Waals surface area contributed by atoms with Gasteiger partial charge in [0.05, 0.1) is 31.7 Å². The number of nitrogens with one attached hydrogen (secondary N) is 4. The molecule has 4 rings (SSSR count). The zero-order chi connectivity index (χ0) is 45.5. The number of aliphatic hydroxyl groups is 1. The number of aliphatic hydroxyl groups excluding tert-OH is 1. The fourth-order valence-corrected chi connectivity index (χ4v) is 8.66. The highest BCUT2D eigenvalue weighted by atomic mass is 16.5.